The monoisotopic (exact) mass is 274 g/mol. The third kappa shape index (κ3) is 3.84. The Morgan fingerprint density at radius 1 is 1.40 bits per heavy atom. The highest BCUT2D eigenvalue weighted by molar-refractivity contribution is 5.91. The smallest absolute Gasteiger partial charge is 0.244 e. The Balaban J connectivity index is 1.86. The van der Waals surface area contributed by atoms with Crippen molar-refractivity contribution >= 4 is 17.7 Å². The number of anilines is 1. The summed E-state index contributed by atoms with van der Waals surface area (Å²) in [5, 5.41) is 12.4. The zero-order chi connectivity index (χ0) is 14.4. The molecule has 4 heteroatoms. The molecule has 1 aliphatic rings. The van der Waals surface area contributed by atoms with Gasteiger partial charge >= 0.3 is 0 Å². The van der Waals surface area contributed by atoms with Gasteiger partial charge in [-0.25, -0.2) is 0 Å². The highest BCUT2D eigenvalue weighted by atomic mass is 16.3. The molecular formula is C16H22N2O2. The molecule has 1 aromatic carbocycles. The van der Waals surface area contributed by atoms with Crippen LogP contribution in [0.5, 0.6) is 0 Å². The standard InChI is InChI=1S/C16H22N2O2/c17-14-5-3-4-13(10-14)6-7-15(20)18-11-16(12-19)8-1-2-9-16/h3-7,10,19H,1-2,8-9,11-12,17H2,(H,18,20)/b7-6+. The minimum absolute atomic E-state index is 0.110. The number of rotatable bonds is 5. The van der Waals surface area contributed by atoms with Crippen LogP contribution in [0.15, 0.2) is 30.3 Å². The van der Waals surface area contributed by atoms with Crippen molar-refractivity contribution in [3.05, 3.63) is 35.9 Å². The van der Waals surface area contributed by atoms with Gasteiger partial charge in [0.05, 0.1) is 6.61 Å². The summed E-state index contributed by atoms with van der Waals surface area (Å²) in [6.45, 7) is 0.690. The lowest BCUT2D eigenvalue weighted by Gasteiger charge is -2.26. The van der Waals surface area contributed by atoms with Gasteiger partial charge in [0.2, 0.25) is 5.91 Å². The lowest BCUT2D eigenvalue weighted by molar-refractivity contribution is -0.117. The zero-order valence-corrected chi connectivity index (χ0v) is 11.6. The van der Waals surface area contributed by atoms with Crippen molar-refractivity contribution in [2.45, 2.75) is 25.7 Å². The van der Waals surface area contributed by atoms with Crippen molar-refractivity contribution in [1.29, 1.82) is 0 Å². The van der Waals surface area contributed by atoms with Crippen molar-refractivity contribution in [2.24, 2.45) is 5.41 Å². The second kappa shape index (κ2) is 6.57. The Labute approximate surface area is 119 Å². The van der Waals surface area contributed by atoms with Gasteiger partial charge in [0.1, 0.15) is 0 Å². The Hall–Kier alpha value is -1.81. The number of carbonyl (C=O) groups excluding carboxylic acids is 1. The Kier molecular flexibility index (Phi) is 4.79. The van der Waals surface area contributed by atoms with Gasteiger partial charge in [0.25, 0.3) is 0 Å². The number of aliphatic hydroxyl groups is 1. The summed E-state index contributed by atoms with van der Waals surface area (Å²) in [4.78, 5) is 11.8. The van der Waals surface area contributed by atoms with Gasteiger partial charge in [-0.15, -0.1) is 0 Å². The molecule has 0 spiro atoms. The number of carbonyl (C=O) groups is 1. The Morgan fingerprint density at radius 3 is 2.80 bits per heavy atom. The summed E-state index contributed by atoms with van der Waals surface area (Å²) in [7, 11) is 0. The van der Waals surface area contributed by atoms with Crippen LogP contribution in [0.4, 0.5) is 5.69 Å². The molecule has 0 atom stereocenters. The summed E-state index contributed by atoms with van der Waals surface area (Å²) >= 11 is 0. The van der Waals surface area contributed by atoms with Crippen molar-refractivity contribution in [1.82, 2.24) is 5.32 Å². The average molecular weight is 274 g/mol. The molecule has 1 fully saturated rings. The summed E-state index contributed by atoms with van der Waals surface area (Å²) in [6, 6.07) is 7.37. The fourth-order valence-electron chi connectivity index (χ4n) is 2.68. The maximum Gasteiger partial charge on any atom is 0.244 e. The van der Waals surface area contributed by atoms with E-state index in [2.05, 4.69) is 5.32 Å². The fraction of sp³-hybridized carbons (Fsp3) is 0.438. The molecule has 108 valence electrons. The van der Waals surface area contributed by atoms with Crippen LogP contribution in [0.1, 0.15) is 31.2 Å². The number of aliphatic hydroxyl groups excluding tert-OH is 1. The number of nitrogens with one attached hydrogen (secondary N) is 1. The van der Waals surface area contributed by atoms with E-state index in [1.165, 1.54) is 6.08 Å². The lowest BCUT2D eigenvalue weighted by Crippen LogP contribution is -2.37. The van der Waals surface area contributed by atoms with E-state index in [1.54, 1.807) is 6.08 Å². The first-order chi connectivity index (χ1) is 9.63. The van der Waals surface area contributed by atoms with Gasteiger partial charge < -0.3 is 16.2 Å². The largest absolute Gasteiger partial charge is 0.399 e. The topological polar surface area (TPSA) is 75.4 Å². The molecule has 4 N–H and O–H groups in total. The number of benzene rings is 1. The van der Waals surface area contributed by atoms with E-state index >= 15 is 0 Å². The van der Waals surface area contributed by atoms with Crippen LogP contribution >= 0.6 is 0 Å². The molecule has 1 aliphatic carbocycles. The molecule has 0 aromatic heterocycles. The number of hydrogen-bond acceptors (Lipinski definition) is 3. The van der Waals surface area contributed by atoms with Gasteiger partial charge in [-0.2, -0.15) is 0 Å². The first-order valence-corrected chi connectivity index (χ1v) is 7.06. The van der Waals surface area contributed by atoms with E-state index in [0.29, 0.717) is 12.2 Å². The van der Waals surface area contributed by atoms with Crippen molar-refractivity contribution in [3.8, 4) is 0 Å². The summed E-state index contributed by atoms with van der Waals surface area (Å²) in [6.07, 6.45) is 7.50. The predicted molar refractivity (Wildman–Crippen MR) is 80.9 cm³/mol. The van der Waals surface area contributed by atoms with Crippen LogP contribution in [0.25, 0.3) is 6.08 Å². The fourth-order valence-corrected chi connectivity index (χ4v) is 2.68. The highest BCUT2D eigenvalue weighted by Crippen LogP contribution is 2.36. The second-order valence-corrected chi connectivity index (χ2v) is 5.59. The molecule has 1 amide bonds. The van der Waals surface area contributed by atoms with Gasteiger partial charge in [-0.1, -0.05) is 25.0 Å². The lowest BCUT2D eigenvalue weighted by atomic mass is 9.87. The van der Waals surface area contributed by atoms with Crippen molar-refractivity contribution in [2.75, 3.05) is 18.9 Å². The van der Waals surface area contributed by atoms with E-state index in [9.17, 15) is 9.90 Å². The minimum Gasteiger partial charge on any atom is -0.399 e. The van der Waals surface area contributed by atoms with Gasteiger partial charge in [0, 0.05) is 23.7 Å². The van der Waals surface area contributed by atoms with Crippen molar-refractivity contribution in [3.63, 3.8) is 0 Å². The van der Waals surface area contributed by atoms with E-state index in [4.69, 9.17) is 5.73 Å². The number of nitrogen functional groups attached to an aromatic ring is 1. The van der Waals surface area contributed by atoms with E-state index in [1.807, 2.05) is 24.3 Å². The van der Waals surface area contributed by atoms with Crippen LogP contribution < -0.4 is 11.1 Å². The third-order valence-corrected chi connectivity index (χ3v) is 3.98. The quantitative estimate of drug-likeness (QED) is 0.567. The number of amides is 1. The highest BCUT2D eigenvalue weighted by Gasteiger charge is 2.33. The minimum atomic E-state index is -0.132. The Morgan fingerprint density at radius 2 is 2.15 bits per heavy atom. The molecule has 0 aliphatic heterocycles. The van der Waals surface area contributed by atoms with Crippen LogP contribution in [0.2, 0.25) is 0 Å². The molecule has 4 nitrogen and oxygen atoms in total. The molecule has 1 aromatic rings. The van der Waals surface area contributed by atoms with Gasteiger partial charge in [-0.3, -0.25) is 4.79 Å². The van der Waals surface area contributed by atoms with Gasteiger partial charge in [-0.05, 0) is 36.6 Å². The summed E-state index contributed by atoms with van der Waals surface area (Å²) in [5.74, 6) is -0.132. The molecule has 1 saturated carbocycles. The van der Waals surface area contributed by atoms with Crippen molar-refractivity contribution < 1.29 is 9.90 Å². The van der Waals surface area contributed by atoms with E-state index < -0.39 is 0 Å². The first kappa shape index (κ1) is 14.6. The normalized spacial score (nSPS) is 17.4. The molecule has 0 saturated heterocycles. The van der Waals surface area contributed by atoms with E-state index in [-0.39, 0.29) is 17.9 Å². The maximum absolute atomic E-state index is 11.8. The van der Waals surface area contributed by atoms with Gasteiger partial charge in [0.15, 0.2) is 0 Å². The molecule has 2 rings (SSSR count). The zero-order valence-electron chi connectivity index (χ0n) is 11.6. The van der Waals surface area contributed by atoms with Crippen LogP contribution in [-0.4, -0.2) is 24.2 Å². The molecule has 20 heavy (non-hydrogen) atoms. The Bertz CT molecular complexity index is 491. The third-order valence-electron chi connectivity index (χ3n) is 3.98. The van der Waals surface area contributed by atoms with E-state index in [0.717, 1.165) is 31.2 Å². The molecule has 0 bridgehead atoms. The average Bonchev–Trinajstić information content (AvgIpc) is 2.92. The summed E-state index contributed by atoms with van der Waals surface area (Å²) in [5.41, 5.74) is 7.15. The predicted octanol–water partition coefficient (Wildman–Crippen LogP) is 1.95. The molecule has 0 heterocycles. The maximum atomic E-state index is 11.8. The second-order valence-electron chi connectivity index (χ2n) is 5.59. The van der Waals surface area contributed by atoms with Crippen LogP contribution in [-0.2, 0) is 4.79 Å². The van der Waals surface area contributed by atoms with Crippen LogP contribution in [0, 0.1) is 5.41 Å². The number of nitrogens with two attached hydrogens (primary N) is 1. The molecular weight excluding hydrogens is 252 g/mol. The SMILES string of the molecule is Nc1cccc(/C=C/C(=O)NCC2(CO)CCCC2)c1. The first-order valence-electron chi connectivity index (χ1n) is 7.06. The summed E-state index contributed by atoms with van der Waals surface area (Å²) < 4.78 is 0. The van der Waals surface area contributed by atoms with Crippen LogP contribution in [0.3, 0.4) is 0 Å². The molecule has 0 radical (unpaired) electrons. The number of hydrogen-bond donors (Lipinski definition) is 3. The molecule has 0 unspecified atom stereocenters.